The number of carbonyl (C=O) groups is 1. The van der Waals surface area contributed by atoms with Crippen LogP contribution in [-0.4, -0.2) is 24.5 Å². The maximum absolute atomic E-state index is 12.0. The molecule has 4 heteroatoms. The smallest absolute Gasteiger partial charge is 0.231 e. The summed E-state index contributed by atoms with van der Waals surface area (Å²) < 4.78 is 0. The first kappa shape index (κ1) is 13.4. The molecule has 0 fully saturated rings. The number of carbonyl (C=O) groups excluding carboxylic acids is 1. The van der Waals surface area contributed by atoms with E-state index < -0.39 is 0 Å². The average molecular weight is 267 g/mol. The molecule has 3 nitrogen and oxygen atoms in total. The quantitative estimate of drug-likeness (QED) is 0.912. The highest BCUT2D eigenvalue weighted by Gasteiger charge is 2.27. The van der Waals surface area contributed by atoms with Crippen LogP contribution in [0.4, 0.5) is 5.69 Å². The molecule has 0 bridgehead atoms. The number of amides is 1. The number of anilines is 1. The van der Waals surface area contributed by atoms with Gasteiger partial charge in [0, 0.05) is 29.3 Å². The van der Waals surface area contributed by atoms with Gasteiger partial charge in [-0.25, -0.2) is 0 Å². The largest absolute Gasteiger partial charge is 0.311 e. The van der Waals surface area contributed by atoms with Crippen LogP contribution in [0.15, 0.2) is 18.2 Å². The molecule has 0 atom stereocenters. The van der Waals surface area contributed by atoms with Gasteiger partial charge in [-0.05, 0) is 38.5 Å². The molecule has 98 valence electrons. The molecular weight excluding hydrogens is 248 g/mol. The third-order valence-electron chi connectivity index (χ3n) is 2.97. The summed E-state index contributed by atoms with van der Waals surface area (Å²) in [5.41, 5.74) is 2.10. The molecule has 0 aliphatic carbocycles. The van der Waals surface area contributed by atoms with E-state index in [-0.39, 0.29) is 11.4 Å². The molecule has 0 unspecified atom stereocenters. The molecule has 1 amide bonds. The van der Waals surface area contributed by atoms with Crippen molar-refractivity contribution in [1.82, 2.24) is 5.32 Å². The fraction of sp³-hybridized carbons (Fsp3) is 0.500. The normalized spacial score (nSPS) is 15.1. The molecule has 0 spiro atoms. The summed E-state index contributed by atoms with van der Waals surface area (Å²) in [6.07, 6.45) is 0.488. The van der Waals surface area contributed by atoms with E-state index in [4.69, 9.17) is 11.6 Å². The van der Waals surface area contributed by atoms with Crippen molar-refractivity contribution >= 4 is 23.2 Å². The SMILES string of the molecule is CC(C)(C)NCCN1C(=O)Cc2ccc(Cl)cc21. The molecule has 0 saturated carbocycles. The van der Waals surface area contributed by atoms with Gasteiger partial charge in [0.2, 0.25) is 5.91 Å². The average Bonchev–Trinajstić information content (AvgIpc) is 2.54. The Balaban J connectivity index is 2.06. The van der Waals surface area contributed by atoms with Crippen LogP contribution in [0, 0.1) is 0 Å². The second-order valence-electron chi connectivity index (χ2n) is 5.67. The Morgan fingerprint density at radius 1 is 1.39 bits per heavy atom. The van der Waals surface area contributed by atoms with Gasteiger partial charge in [0.15, 0.2) is 0 Å². The van der Waals surface area contributed by atoms with Crippen LogP contribution in [0.3, 0.4) is 0 Å². The van der Waals surface area contributed by atoms with Crippen LogP contribution in [0.1, 0.15) is 26.3 Å². The maximum atomic E-state index is 12.0. The van der Waals surface area contributed by atoms with Crippen molar-refractivity contribution in [2.75, 3.05) is 18.0 Å². The predicted molar refractivity (Wildman–Crippen MR) is 75.3 cm³/mol. The first-order valence-corrected chi connectivity index (χ1v) is 6.58. The number of nitrogens with one attached hydrogen (secondary N) is 1. The maximum Gasteiger partial charge on any atom is 0.231 e. The Kier molecular flexibility index (Phi) is 3.64. The number of rotatable bonds is 3. The van der Waals surface area contributed by atoms with E-state index in [9.17, 15) is 4.79 Å². The van der Waals surface area contributed by atoms with Gasteiger partial charge in [-0.2, -0.15) is 0 Å². The zero-order chi connectivity index (χ0) is 13.3. The van der Waals surface area contributed by atoms with Gasteiger partial charge >= 0.3 is 0 Å². The van der Waals surface area contributed by atoms with Crippen LogP contribution in [0.25, 0.3) is 0 Å². The van der Waals surface area contributed by atoms with E-state index in [1.165, 1.54) is 0 Å². The second-order valence-corrected chi connectivity index (χ2v) is 6.11. The zero-order valence-electron chi connectivity index (χ0n) is 11.1. The van der Waals surface area contributed by atoms with Gasteiger partial charge in [-0.15, -0.1) is 0 Å². The minimum absolute atomic E-state index is 0.0694. The number of hydrogen-bond donors (Lipinski definition) is 1. The van der Waals surface area contributed by atoms with Crippen LogP contribution in [0.2, 0.25) is 5.02 Å². The summed E-state index contributed by atoms with van der Waals surface area (Å²) in [6, 6.07) is 5.65. The first-order valence-electron chi connectivity index (χ1n) is 6.21. The van der Waals surface area contributed by atoms with Crippen LogP contribution in [-0.2, 0) is 11.2 Å². The molecule has 0 radical (unpaired) electrons. The first-order chi connectivity index (χ1) is 8.37. The number of fused-ring (bicyclic) bond motifs is 1. The Labute approximate surface area is 113 Å². The summed E-state index contributed by atoms with van der Waals surface area (Å²) in [5.74, 6) is 0.156. The van der Waals surface area contributed by atoms with E-state index in [1.807, 2.05) is 23.1 Å². The topological polar surface area (TPSA) is 32.3 Å². The van der Waals surface area contributed by atoms with E-state index >= 15 is 0 Å². The summed E-state index contributed by atoms with van der Waals surface area (Å²) in [6.45, 7) is 7.81. The molecule has 0 aromatic heterocycles. The molecular formula is C14H19ClN2O. The van der Waals surface area contributed by atoms with Gasteiger partial charge in [0.05, 0.1) is 6.42 Å². The molecule has 18 heavy (non-hydrogen) atoms. The third kappa shape index (κ3) is 3.03. The number of hydrogen-bond acceptors (Lipinski definition) is 2. The van der Waals surface area contributed by atoms with Crippen molar-refractivity contribution in [2.24, 2.45) is 0 Å². The van der Waals surface area contributed by atoms with Crippen LogP contribution < -0.4 is 10.2 Å². The fourth-order valence-corrected chi connectivity index (χ4v) is 2.28. The molecule has 1 N–H and O–H groups in total. The highest BCUT2D eigenvalue weighted by Crippen LogP contribution is 2.31. The van der Waals surface area contributed by atoms with Gasteiger partial charge in [-0.1, -0.05) is 17.7 Å². The highest BCUT2D eigenvalue weighted by atomic mass is 35.5. The highest BCUT2D eigenvalue weighted by molar-refractivity contribution is 6.31. The van der Waals surface area contributed by atoms with Crippen molar-refractivity contribution in [3.05, 3.63) is 28.8 Å². The van der Waals surface area contributed by atoms with Crippen molar-refractivity contribution in [1.29, 1.82) is 0 Å². The molecule has 1 aromatic carbocycles. The second kappa shape index (κ2) is 4.90. The van der Waals surface area contributed by atoms with Crippen molar-refractivity contribution in [3.63, 3.8) is 0 Å². The predicted octanol–water partition coefficient (Wildman–Crippen LogP) is 2.62. The van der Waals surface area contributed by atoms with Crippen molar-refractivity contribution in [3.8, 4) is 0 Å². The molecule has 1 aliphatic rings. The van der Waals surface area contributed by atoms with E-state index in [0.717, 1.165) is 17.8 Å². The Bertz CT molecular complexity index is 465. The summed E-state index contributed by atoms with van der Waals surface area (Å²) in [4.78, 5) is 13.8. The Morgan fingerprint density at radius 3 is 2.78 bits per heavy atom. The molecule has 0 saturated heterocycles. The number of nitrogens with zero attached hydrogens (tertiary/aromatic N) is 1. The summed E-state index contributed by atoms with van der Waals surface area (Å²) >= 11 is 5.99. The van der Waals surface area contributed by atoms with Crippen molar-refractivity contribution in [2.45, 2.75) is 32.7 Å². The van der Waals surface area contributed by atoms with Crippen molar-refractivity contribution < 1.29 is 4.79 Å². The van der Waals surface area contributed by atoms with E-state index in [2.05, 4.69) is 26.1 Å². The summed E-state index contributed by atoms with van der Waals surface area (Å²) in [5, 5.41) is 4.07. The van der Waals surface area contributed by atoms with Gasteiger partial charge in [0.25, 0.3) is 0 Å². The Hall–Kier alpha value is -1.06. The number of benzene rings is 1. The van der Waals surface area contributed by atoms with Crippen LogP contribution in [0.5, 0.6) is 0 Å². The lowest BCUT2D eigenvalue weighted by molar-refractivity contribution is -0.117. The lowest BCUT2D eigenvalue weighted by Crippen LogP contribution is -2.42. The molecule has 1 aliphatic heterocycles. The van der Waals surface area contributed by atoms with E-state index in [1.54, 1.807) is 0 Å². The van der Waals surface area contributed by atoms with Crippen LogP contribution >= 0.6 is 11.6 Å². The standard InChI is InChI=1S/C14H19ClN2O/c1-14(2,3)16-6-7-17-12-9-11(15)5-4-10(12)8-13(17)18/h4-5,9,16H,6-8H2,1-3H3. The Morgan fingerprint density at radius 2 is 2.11 bits per heavy atom. The summed E-state index contributed by atoms with van der Waals surface area (Å²) in [7, 11) is 0. The third-order valence-corrected chi connectivity index (χ3v) is 3.21. The van der Waals surface area contributed by atoms with Gasteiger partial charge in [-0.3, -0.25) is 4.79 Å². The molecule has 1 aromatic rings. The zero-order valence-corrected chi connectivity index (χ0v) is 11.8. The monoisotopic (exact) mass is 266 g/mol. The fourth-order valence-electron chi connectivity index (χ4n) is 2.12. The molecule has 1 heterocycles. The van der Waals surface area contributed by atoms with Gasteiger partial charge < -0.3 is 10.2 Å². The minimum Gasteiger partial charge on any atom is -0.311 e. The lowest BCUT2D eigenvalue weighted by Gasteiger charge is -2.24. The molecule has 2 rings (SSSR count). The lowest BCUT2D eigenvalue weighted by atomic mass is 10.1. The van der Waals surface area contributed by atoms with Gasteiger partial charge in [0.1, 0.15) is 0 Å². The van der Waals surface area contributed by atoms with E-state index in [0.29, 0.717) is 18.0 Å². The number of halogens is 1. The minimum atomic E-state index is 0.0694.